The molecule has 0 aliphatic rings. The Kier molecular flexibility index (Phi) is 11.0. The summed E-state index contributed by atoms with van der Waals surface area (Å²) in [5, 5.41) is 2.87. The van der Waals surface area contributed by atoms with Crippen molar-refractivity contribution in [3.63, 3.8) is 0 Å². The highest BCUT2D eigenvalue weighted by Gasteiger charge is 2.34. The molecule has 0 heterocycles. The topological polar surface area (TPSA) is 86.8 Å². The van der Waals surface area contributed by atoms with Gasteiger partial charge in [-0.15, -0.1) is 0 Å². The second-order valence-corrected chi connectivity index (χ2v) is 13.2. The highest BCUT2D eigenvalue weighted by molar-refractivity contribution is 9.10. The number of hydrogen-bond donors (Lipinski definition) is 1. The third-order valence-electron chi connectivity index (χ3n) is 6.61. The summed E-state index contributed by atoms with van der Waals surface area (Å²) in [6, 6.07) is 30.8. The molecule has 0 radical (unpaired) electrons. The molecule has 4 aromatic rings. The molecule has 0 aromatic heterocycles. The molecule has 0 saturated heterocycles. The highest BCUT2D eigenvalue weighted by Crippen LogP contribution is 2.26. The number of benzene rings is 4. The fraction of sp³-hybridized carbons (Fsp3) is 0.188. The van der Waals surface area contributed by atoms with Gasteiger partial charge in [-0.25, -0.2) is 8.42 Å². The van der Waals surface area contributed by atoms with Crippen LogP contribution in [-0.2, 0) is 32.6 Å². The summed E-state index contributed by atoms with van der Waals surface area (Å²) in [7, 11) is -4.13. The zero-order valence-electron chi connectivity index (χ0n) is 23.0. The van der Waals surface area contributed by atoms with E-state index in [0.717, 1.165) is 24.4 Å². The van der Waals surface area contributed by atoms with Crippen molar-refractivity contribution in [3.05, 3.63) is 129 Å². The van der Waals surface area contributed by atoms with E-state index in [4.69, 9.17) is 0 Å². The van der Waals surface area contributed by atoms with Gasteiger partial charge in [-0.1, -0.05) is 92.5 Å². The first-order chi connectivity index (χ1) is 20.2. The first kappa shape index (κ1) is 31.5. The predicted octanol–water partition coefficient (Wildman–Crippen LogP) is 6.18. The molecule has 0 aliphatic carbocycles. The average molecular weight is 713 g/mol. The number of rotatable bonds is 12. The fourth-order valence-corrected chi connectivity index (χ4v) is 6.45. The third kappa shape index (κ3) is 8.08. The van der Waals surface area contributed by atoms with E-state index in [-0.39, 0.29) is 23.8 Å². The third-order valence-corrected chi connectivity index (χ3v) is 9.46. The van der Waals surface area contributed by atoms with Crippen LogP contribution in [0, 0.1) is 0 Å². The monoisotopic (exact) mass is 711 g/mol. The zero-order chi connectivity index (χ0) is 30.1. The van der Waals surface area contributed by atoms with Crippen molar-refractivity contribution in [1.82, 2.24) is 10.2 Å². The second kappa shape index (κ2) is 14.6. The van der Waals surface area contributed by atoms with Gasteiger partial charge in [0.15, 0.2) is 0 Å². The zero-order valence-corrected chi connectivity index (χ0v) is 27.0. The smallest absolute Gasteiger partial charge is 0.264 e. The fourth-order valence-electron chi connectivity index (χ4n) is 4.49. The van der Waals surface area contributed by atoms with Crippen molar-refractivity contribution >= 4 is 59.4 Å². The van der Waals surface area contributed by atoms with Gasteiger partial charge in [0, 0.05) is 28.5 Å². The molecule has 1 unspecified atom stereocenters. The molecular weight excluding hydrogens is 682 g/mol. The highest BCUT2D eigenvalue weighted by atomic mass is 79.9. The maximum Gasteiger partial charge on any atom is 0.264 e. The van der Waals surface area contributed by atoms with Crippen LogP contribution in [0.4, 0.5) is 5.69 Å². The number of amides is 2. The van der Waals surface area contributed by atoms with Crippen LogP contribution in [0.15, 0.2) is 123 Å². The van der Waals surface area contributed by atoms with Crippen LogP contribution in [0.25, 0.3) is 0 Å². The summed E-state index contributed by atoms with van der Waals surface area (Å²) in [4.78, 5) is 29.3. The maximum atomic E-state index is 14.3. The number of carbonyl (C=O) groups excluding carboxylic acids is 2. The molecule has 0 aliphatic heterocycles. The van der Waals surface area contributed by atoms with E-state index in [1.54, 1.807) is 42.5 Å². The number of halogens is 2. The van der Waals surface area contributed by atoms with E-state index < -0.39 is 28.5 Å². The van der Waals surface area contributed by atoms with Crippen molar-refractivity contribution in [2.75, 3.05) is 17.4 Å². The Morgan fingerprint density at radius 2 is 1.31 bits per heavy atom. The van der Waals surface area contributed by atoms with Gasteiger partial charge in [-0.3, -0.25) is 13.9 Å². The van der Waals surface area contributed by atoms with Gasteiger partial charge in [0.2, 0.25) is 11.8 Å². The summed E-state index contributed by atoms with van der Waals surface area (Å²) < 4.78 is 30.6. The van der Waals surface area contributed by atoms with E-state index in [2.05, 4.69) is 37.2 Å². The molecular formula is C32H31Br2N3O4S. The van der Waals surface area contributed by atoms with Crippen molar-refractivity contribution in [2.24, 2.45) is 0 Å². The lowest BCUT2D eigenvalue weighted by molar-refractivity contribution is -0.140. The lowest BCUT2D eigenvalue weighted by Crippen LogP contribution is -2.53. The molecule has 218 valence electrons. The van der Waals surface area contributed by atoms with E-state index >= 15 is 0 Å². The molecule has 0 saturated carbocycles. The van der Waals surface area contributed by atoms with Crippen LogP contribution >= 0.6 is 31.9 Å². The molecule has 42 heavy (non-hydrogen) atoms. The summed E-state index contributed by atoms with van der Waals surface area (Å²) in [6.45, 7) is 1.82. The average Bonchev–Trinajstić information content (AvgIpc) is 3.00. The summed E-state index contributed by atoms with van der Waals surface area (Å²) in [6.07, 6.45) is 0.263. The minimum absolute atomic E-state index is 0.0599. The lowest BCUT2D eigenvalue weighted by Gasteiger charge is -2.33. The van der Waals surface area contributed by atoms with Crippen molar-refractivity contribution < 1.29 is 18.0 Å². The standard InChI is InChI=1S/C32H31Br2N3O4S/c1-2-35-32(39)30(21-24-9-5-3-6-10-24)36(22-25-13-15-26(33)16-14-25)31(38)23-37(28-19-17-27(34)18-20-28)42(40,41)29-11-7-4-8-12-29/h3-20,30H,2,21-23H2,1H3,(H,35,39). The van der Waals surface area contributed by atoms with Crippen LogP contribution in [0.2, 0.25) is 0 Å². The quantitative estimate of drug-likeness (QED) is 0.190. The Morgan fingerprint density at radius 3 is 1.88 bits per heavy atom. The van der Waals surface area contributed by atoms with Gasteiger partial charge in [0.05, 0.1) is 10.6 Å². The molecule has 1 N–H and O–H groups in total. The van der Waals surface area contributed by atoms with E-state index in [9.17, 15) is 18.0 Å². The Labute approximate surface area is 263 Å². The number of nitrogens with zero attached hydrogens (tertiary/aromatic N) is 2. The van der Waals surface area contributed by atoms with Crippen molar-refractivity contribution in [1.29, 1.82) is 0 Å². The summed E-state index contributed by atoms with van der Waals surface area (Å²) >= 11 is 6.84. The molecule has 2 amide bonds. The number of likely N-dealkylation sites (N-methyl/N-ethyl adjacent to an activating group) is 1. The van der Waals surface area contributed by atoms with Crippen molar-refractivity contribution in [3.8, 4) is 0 Å². The molecule has 4 aromatic carbocycles. The Morgan fingerprint density at radius 1 is 0.762 bits per heavy atom. The first-order valence-corrected chi connectivity index (χ1v) is 16.4. The van der Waals surface area contributed by atoms with E-state index in [1.165, 1.54) is 17.0 Å². The SMILES string of the molecule is CCNC(=O)C(Cc1ccccc1)N(Cc1ccc(Br)cc1)C(=O)CN(c1ccc(Br)cc1)S(=O)(=O)c1ccccc1. The summed E-state index contributed by atoms with van der Waals surface area (Å²) in [5.41, 5.74) is 2.01. The van der Waals surface area contributed by atoms with Gasteiger partial charge in [-0.05, 0) is 66.6 Å². The first-order valence-electron chi connectivity index (χ1n) is 13.4. The van der Waals surface area contributed by atoms with Gasteiger partial charge < -0.3 is 10.2 Å². The summed E-state index contributed by atoms with van der Waals surface area (Å²) in [5.74, 6) is -0.819. The lowest BCUT2D eigenvalue weighted by atomic mass is 10.0. The molecule has 10 heteroatoms. The minimum atomic E-state index is -4.13. The number of nitrogens with one attached hydrogen (secondary N) is 1. The van der Waals surface area contributed by atoms with E-state index in [0.29, 0.717) is 12.2 Å². The van der Waals surface area contributed by atoms with Crippen molar-refractivity contribution in [2.45, 2.75) is 30.8 Å². The molecule has 0 bridgehead atoms. The van der Waals surface area contributed by atoms with Gasteiger partial charge in [-0.2, -0.15) is 0 Å². The van der Waals surface area contributed by atoms with Crippen LogP contribution in [0.3, 0.4) is 0 Å². The van der Waals surface area contributed by atoms with Crippen LogP contribution in [-0.4, -0.2) is 44.3 Å². The number of anilines is 1. The Hall–Kier alpha value is -3.47. The molecule has 7 nitrogen and oxygen atoms in total. The minimum Gasteiger partial charge on any atom is -0.355 e. The normalized spacial score (nSPS) is 11.9. The van der Waals surface area contributed by atoms with Gasteiger partial charge in [0.1, 0.15) is 12.6 Å². The maximum absolute atomic E-state index is 14.3. The number of hydrogen-bond acceptors (Lipinski definition) is 4. The molecule has 1 atom stereocenters. The van der Waals surface area contributed by atoms with Gasteiger partial charge in [0.25, 0.3) is 10.0 Å². The second-order valence-electron chi connectivity index (χ2n) is 9.55. The molecule has 4 rings (SSSR count). The van der Waals surface area contributed by atoms with E-state index in [1.807, 2.05) is 61.5 Å². The van der Waals surface area contributed by atoms with Gasteiger partial charge >= 0.3 is 0 Å². The van der Waals surface area contributed by atoms with Crippen LogP contribution in [0.5, 0.6) is 0 Å². The molecule has 0 fully saturated rings. The number of carbonyl (C=O) groups is 2. The number of sulfonamides is 1. The Balaban J connectivity index is 1.78. The molecule has 0 spiro atoms. The predicted molar refractivity (Wildman–Crippen MR) is 172 cm³/mol. The van der Waals surface area contributed by atoms with Crippen LogP contribution in [0.1, 0.15) is 18.1 Å². The Bertz CT molecular complexity index is 1580. The van der Waals surface area contributed by atoms with Crippen LogP contribution < -0.4 is 9.62 Å². The largest absolute Gasteiger partial charge is 0.355 e.